The lowest BCUT2D eigenvalue weighted by Gasteiger charge is -2.09. The fourth-order valence-corrected chi connectivity index (χ4v) is 3.94. The summed E-state index contributed by atoms with van der Waals surface area (Å²) in [5.74, 6) is 0. The van der Waals surface area contributed by atoms with Crippen LogP contribution >= 0.6 is 0 Å². The van der Waals surface area contributed by atoms with Gasteiger partial charge >= 0.3 is 0 Å². The molecule has 0 unspecified atom stereocenters. The number of aryl methyl sites for hydroxylation is 2. The van der Waals surface area contributed by atoms with Crippen molar-refractivity contribution in [3.63, 3.8) is 0 Å². The molecule has 0 aliphatic carbocycles. The van der Waals surface area contributed by atoms with Gasteiger partial charge in [-0.2, -0.15) is 0 Å². The zero-order valence-electron chi connectivity index (χ0n) is 14.8. The van der Waals surface area contributed by atoms with Crippen molar-refractivity contribution in [1.29, 1.82) is 0 Å². The van der Waals surface area contributed by atoms with Gasteiger partial charge in [0.05, 0.1) is 28.9 Å². The van der Waals surface area contributed by atoms with Gasteiger partial charge in [-0.05, 0) is 49.6 Å². The van der Waals surface area contributed by atoms with Gasteiger partial charge in [0.15, 0.2) is 0 Å². The molecule has 0 saturated heterocycles. The molecule has 1 aromatic carbocycles. The molecular weight excluding hydrogens is 294 g/mol. The van der Waals surface area contributed by atoms with Crippen LogP contribution in [0, 0.1) is 20.8 Å². The minimum absolute atomic E-state index is 1.17. The lowest BCUT2D eigenvalue weighted by molar-refractivity contribution is 1.27. The molecule has 3 heteroatoms. The largest absolute Gasteiger partial charge is 0.305 e. The highest BCUT2D eigenvalue weighted by atomic mass is 14.9. The van der Waals surface area contributed by atoms with Crippen LogP contribution in [0.4, 0.5) is 0 Å². The second kappa shape index (κ2) is 5.17. The quantitative estimate of drug-likeness (QED) is 0.373. The Morgan fingerprint density at radius 1 is 0.708 bits per heavy atom. The summed E-state index contributed by atoms with van der Waals surface area (Å²) in [7, 11) is 0. The Morgan fingerprint density at radius 3 is 1.62 bits per heavy atom. The first-order valence-electron chi connectivity index (χ1n) is 8.52. The Kier molecular flexibility index (Phi) is 3.20. The van der Waals surface area contributed by atoms with E-state index < -0.39 is 0 Å². The van der Waals surface area contributed by atoms with Crippen LogP contribution in [0.3, 0.4) is 0 Å². The maximum Gasteiger partial charge on any atom is 0.0725 e. The number of hydrogen-bond donors (Lipinski definition) is 0. The molecule has 0 atom stereocenters. The van der Waals surface area contributed by atoms with E-state index in [4.69, 9.17) is 0 Å². The molecule has 4 aromatic heterocycles. The molecule has 0 saturated carbocycles. The second-order valence-corrected chi connectivity index (χ2v) is 6.09. The van der Waals surface area contributed by atoms with E-state index in [9.17, 15) is 0 Å². The van der Waals surface area contributed by atoms with Crippen LogP contribution in [0.15, 0.2) is 36.9 Å². The molecule has 4 heterocycles. The average Bonchev–Trinajstić information content (AvgIpc) is 3.14. The summed E-state index contributed by atoms with van der Waals surface area (Å²) >= 11 is 0. The van der Waals surface area contributed by atoms with Gasteiger partial charge < -0.3 is 4.40 Å². The first kappa shape index (κ1) is 14.9. The topological polar surface area (TPSA) is 30.2 Å². The molecule has 3 nitrogen and oxygen atoms in total. The molecule has 0 fully saturated rings. The van der Waals surface area contributed by atoms with Crippen molar-refractivity contribution in [3.05, 3.63) is 53.6 Å². The monoisotopic (exact) mass is 315 g/mol. The molecule has 0 amide bonds. The molecule has 0 aliphatic heterocycles. The SMILES string of the molecule is CC.Cc1c(C)c2c3ccncc3n3c4cnccc4c(c1C)c23. The molecule has 5 rings (SSSR count). The zero-order chi connectivity index (χ0) is 17.0. The standard InChI is InChI=1S/C19H15N3.C2H6/c1-10-11(2)17-13-4-6-20-8-15(13)22-16-9-21-7-5-14(16)18(12(10)3)19(17)22;1-2/h4-9H,1-3H3;1-2H3. The maximum atomic E-state index is 4.35. The lowest BCUT2D eigenvalue weighted by Crippen LogP contribution is -1.89. The van der Waals surface area contributed by atoms with Gasteiger partial charge in [-0.1, -0.05) is 13.8 Å². The molecule has 24 heavy (non-hydrogen) atoms. The normalized spacial score (nSPS) is 11.5. The predicted octanol–water partition coefficient (Wildman–Crippen LogP) is 5.58. The van der Waals surface area contributed by atoms with Gasteiger partial charge in [-0.3, -0.25) is 9.97 Å². The third-order valence-corrected chi connectivity index (χ3v) is 5.19. The van der Waals surface area contributed by atoms with Crippen molar-refractivity contribution in [2.45, 2.75) is 34.6 Å². The van der Waals surface area contributed by atoms with E-state index in [1.807, 2.05) is 38.6 Å². The number of fused-ring (bicyclic) bond motifs is 6. The summed E-state index contributed by atoms with van der Waals surface area (Å²) in [6, 6.07) is 4.25. The molecule has 5 aromatic rings. The molecule has 0 aliphatic rings. The van der Waals surface area contributed by atoms with Crippen molar-refractivity contribution in [2.24, 2.45) is 0 Å². The van der Waals surface area contributed by atoms with Crippen LogP contribution in [-0.4, -0.2) is 14.4 Å². The third-order valence-electron chi connectivity index (χ3n) is 5.19. The number of rotatable bonds is 0. The summed E-state index contributed by atoms with van der Waals surface area (Å²) in [6.07, 6.45) is 7.69. The molecule has 120 valence electrons. The fourth-order valence-electron chi connectivity index (χ4n) is 3.94. The van der Waals surface area contributed by atoms with Crippen LogP contribution in [0.5, 0.6) is 0 Å². The number of aromatic nitrogens is 3. The van der Waals surface area contributed by atoms with Gasteiger partial charge in [-0.15, -0.1) is 0 Å². The molecule has 0 spiro atoms. The van der Waals surface area contributed by atoms with Gasteiger partial charge in [0.25, 0.3) is 0 Å². The van der Waals surface area contributed by atoms with Crippen molar-refractivity contribution in [1.82, 2.24) is 14.4 Å². The molecular formula is C21H21N3. The number of pyridine rings is 2. The summed E-state index contributed by atoms with van der Waals surface area (Å²) in [4.78, 5) is 8.69. The van der Waals surface area contributed by atoms with Crippen molar-refractivity contribution < 1.29 is 0 Å². The van der Waals surface area contributed by atoms with Crippen LogP contribution in [-0.2, 0) is 0 Å². The van der Waals surface area contributed by atoms with E-state index in [2.05, 4.69) is 47.3 Å². The van der Waals surface area contributed by atoms with Crippen molar-refractivity contribution >= 4 is 38.1 Å². The lowest BCUT2D eigenvalue weighted by atomic mass is 9.94. The number of nitrogens with zero attached hydrogens (tertiary/aromatic N) is 3. The minimum atomic E-state index is 1.17. The van der Waals surface area contributed by atoms with Crippen LogP contribution < -0.4 is 0 Å². The second-order valence-electron chi connectivity index (χ2n) is 6.09. The average molecular weight is 315 g/mol. The zero-order valence-corrected chi connectivity index (χ0v) is 14.8. The van der Waals surface area contributed by atoms with Crippen LogP contribution in [0.2, 0.25) is 0 Å². The highest BCUT2D eigenvalue weighted by Gasteiger charge is 2.21. The first-order chi connectivity index (χ1) is 11.7. The highest BCUT2D eigenvalue weighted by molar-refractivity contribution is 6.25. The van der Waals surface area contributed by atoms with E-state index in [-0.39, 0.29) is 0 Å². The van der Waals surface area contributed by atoms with E-state index >= 15 is 0 Å². The van der Waals surface area contributed by atoms with Gasteiger partial charge in [0, 0.05) is 33.9 Å². The van der Waals surface area contributed by atoms with Crippen LogP contribution in [0.25, 0.3) is 38.1 Å². The minimum Gasteiger partial charge on any atom is -0.305 e. The van der Waals surface area contributed by atoms with Crippen molar-refractivity contribution in [3.8, 4) is 0 Å². The highest BCUT2D eigenvalue weighted by Crippen LogP contribution is 2.42. The van der Waals surface area contributed by atoms with Crippen LogP contribution in [0.1, 0.15) is 30.5 Å². The summed E-state index contributed by atoms with van der Waals surface area (Å²) < 4.78 is 2.33. The Labute approximate surface area is 141 Å². The number of benzene rings is 1. The fraction of sp³-hybridized carbons (Fsp3) is 0.238. The number of hydrogen-bond acceptors (Lipinski definition) is 2. The third kappa shape index (κ3) is 1.62. The Hall–Kier alpha value is -2.68. The molecule has 0 bridgehead atoms. The van der Waals surface area contributed by atoms with E-state index in [0.29, 0.717) is 0 Å². The predicted molar refractivity (Wildman–Crippen MR) is 102 cm³/mol. The Bertz CT molecular complexity index is 1110. The van der Waals surface area contributed by atoms with Gasteiger partial charge in [-0.25, -0.2) is 0 Å². The van der Waals surface area contributed by atoms with E-state index in [1.54, 1.807) is 0 Å². The first-order valence-corrected chi connectivity index (χ1v) is 8.52. The molecule has 0 N–H and O–H groups in total. The van der Waals surface area contributed by atoms with Crippen molar-refractivity contribution in [2.75, 3.05) is 0 Å². The summed E-state index contributed by atoms with van der Waals surface area (Å²) in [5.41, 5.74) is 7.76. The van der Waals surface area contributed by atoms with Gasteiger partial charge in [0.2, 0.25) is 0 Å². The maximum absolute atomic E-state index is 4.35. The Morgan fingerprint density at radius 2 is 1.17 bits per heavy atom. The smallest absolute Gasteiger partial charge is 0.0725 e. The summed E-state index contributed by atoms with van der Waals surface area (Å²) in [6.45, 7) is 10.7. The molecule has 0 radical (unpaired) electrons. The van der Waals surface area contributed by atoms with E-state index in [1.165, 1.54) is 54.8 Å². The van der Waals surface area contributed by atoms with Gasteiger partial charge in [0.1, 0.15) is 0 Å². The summed E-state index contributed by atoms with van der Waals surface area (Å²) in [5, 5.41) is 5.26. The van der Waals surface area contributed by atoms with E-state index in [0.717, 1.165) is 0 Å². The Balaban J connectivity index is 0.000000704.